The van der Waals surface area contributed by atoms with Crippen molar-refractivity contribution in [2.45, 2.75) is 13.0 Å². The summed E-state index contributed by atoms with van der Waals surface area (Å²) in [6.07, 6.45) is -0.0356. The fraction of sp³-hybridized carbons (Fsp3) is 0.176. The third-order valence-corrected chi connectivity index (χ3v) is 3.20. The molecule has 0 radical (unpaired) electrons. The first kappa shape index (κ1) is 15.5. The average molecular weight is 298 g/mol. The highest BCUT2D eigenvalue weighted by atomic mass is 19.1. The molecule has 2 aromatic carbocycles. The van der Waals surface area contributed by atoms with E-state index in [0.29, 0.717) is 12.1 Å². The predicted molar refractivity (Wildman–Crippen MR) is 80.9 cm³/mol. The Hall–Kier alpha value is -2.87. The first-order valence-electron chi connectivity index (χ1n) is 6.80. The van der Waals surface area contributed by atoms with Gasteiger partial charge in [0, 0.05) is 18.8 Å². The molecule has 0 aliphatic heterocycles. The monoisotopic (exact) mass is 298 g/mol. The summed E-state index contributed by atoms with van der Waals surface area (Å²) in [6, 6.07) is 15.2. The van der Waals surface area contributed by atoms with Crippen molar-refractivity contribution in [3.8, 4) is 6.07 Å². The molecule has 0 bridgehead atoms. The van der Waals surface area contributed by atoms with Crippen LogP contribution in [0.15, 0.2) is 48.5 Å². The van der Waals surface area contributed by atoms with E-state index in [-0.39, 0.29) is 18.8 Å². The highest BCUT2D eigenvalue weighted by molar-refractivity contribution is 5.67. The van der Waals surface area contributed by atoms with E-state index in [0.717, 1.165) is 11.3 Å². The number of nitrogens with zero attached hydrogens (tertiary/aromatic N) is 2. The maximum atomic E-state index is 13.3. The Morgan fingerprint density at radius 3 is 2.68 bits per heavy atom. The number of hydrogen-bond donors (Lipinski definition) is 1. The van der Waals surface area contributed by atoms with Gasteiger partial charge in [0.2, 0.25) is 0 Å². The fourth-order valence-corrected chi connectivity index (χ4v) is 2.16. The molecule has 22 heavy (non-hydrogen) atoms. The average Bonchev–Trinajstić information content (AvgIpc) is 2.51. The van der Waals surface area contributed by atoms with E-state index in [1.807, 2.05) is 11.0 Å². The van der Waals surface area contributed by atoms with Crippen molar-refractivity contribution in [3.63, 3.8) is 0 Å². The van der Waals surface area contributed by atoms with Gasteiger partial charge in [-0.3, -0.25) is 4.79 Å². The Balaban J connectivity index is 2.25. The molecule has 2 rings (SSSR count). The van der Waals surface area contributed by atoms with Crippen molar-refractivity contribution >= 4 is 11.7 Å². The Bertz CT molecular complexity index is 710. The van der Waals surface area contributed by atoms with Crippen LogP contribution >= 0.6 is 0 Å². The van der Waals surface area contributed by atoms with Crippen LogP contribution in [0.1, 0.15) is 17.5 Å². The van der Waals surface area contributed by atoms with E-state index in [1.165, 1.54) is 12.1 Å². The lowest BCUT2D eigenvalue weighted by atomic mass is 10.1. The molecule has 0 atom stereocenters. The number of rotatable bonds is 6. The molecule has 0 saturated carbocycles. The van der Waals surface area contributed by atoms with Gasteiger partial charge in [-0.1, -0.05) is 18.2 Å². The summed E-state index contributed by atoms with van der Waals surface area (Å²) < 4.78 is 13.3. The molecule has 0 saturated heterocycles. The minimum absolute atomic E-state index is 0.0356. The summed E-state index contributed by atoms with van der Waals surface area (Å²) in [6.45, 7) is 0.653. The second kappa shape index (κ2) is 7.23. The molecule has 0 unspecified atom stereocenters. The van der Waals surface area contributed by atoms with Crippen molar-refractivity contribution in [3.05, 3.63) is 65.5 Å². The smallest absolute Gasteiger partial charge is 0.305 e. The molecule has 0 heterocycles. The standard InChI is InChI=1S/C17H15FN2O2/c18-15-5-1-4-14(9-15)12-20(8-7-17(21)22)16-6-2-3-13(10-16)11-19/h1-6,9-10H,7-8,12H2,(H,21,22). The Morgan fingerprint density at radius 2 is 2.00 bits per heavy atom. The van der Waals surface area contributed by atoms with Gasteiger partial charge in [-0.25, -0.2) is 4.39 Å². The topological polar surface area (TPSA) is 64.3 Å². The van der Waals surface area contributed by atoms with Crippen LogP contribution in [-0.2, 0) is 11.3 Å². The van der Waals surface area contributed by atoms with Gasteiger partial charge in [-0.15, -0.1) is 0 Å². The normalized spacial score (nSPS) is 10.0. The zero-order valence-corrected chi connectivity index (χ0v) is 11.9. The van der Waals surface area contributed by atoms with Crippen LogP contribution in [0.5, 0.6) is 0 Å². The fourth-order valence-electron chi connectivity index (χ4n) is 2.16. The molecule has 0 aliphatic carbocycles. The van der Waals surface area contributed by atoms with Gasteiger partial charge < -0.3 is 10.0 Å². The number of benzene rings is 2. The van der Waals surface area contributed by atoms with Gasteiger partial charge in [0.1, 0.15) is 5.82 Å². The molecule has 112 valence electrons. The number of aliphatic carboxylic acids is 1. The van der Waals surface area contributed by atoms with E-state index >= 15 is 0 Å². The highest BCUT2D eigenvalue weighted by Gasteiger charge is 2.11. The van der Waals surface area contributed by atoms with Crippen molar-refractivity contribution in [1.82, 2.24) is 0 Å². The van der Waals surface area contributed by atoms with Gasteiger partial charge in [0.05, 0.1) is 18.1 Å². The zero-order valence-electron chi connectivity index (χ0n) is 11.9. The minimum Gasteiger partial charge on any atom is -0.481 e. The minimum atomic E-state index is -0.902. The Labute approximate surface area is 128 Å². The number of hydrogen-bond acceptors (Lipinski definition) is 3. The molecule has 2 aromatic rings. The van der Waals surface area contributed by atoms with Gasteiger partial charge >= 0.3 is 5.97 Å². The van der Waals surface area contributed by atoms with Crippen molar-refractivity contribution in [2.75, 3.05) is 11.4 Å². The van der Waals surface area contributed by atoms with Crippen LogP contribution in [0.25, 0.3) is 0 Å². The second-order valence-corrected chi connectivity index (χ2v) is 4.86. The maximum Gasteiger partial charge on any atom is 0.305 e. The number of carboxylic acid groups (broad SMARTS) is 1. The summed E-state index contributed by atoms with van der Waals surface area (Å²) in [5.74, 6) is -1.23. The van der Waals surface area contributed by atoms with Crippen LogP contribution in [0, 0.1) is 17.1 Å². The third kappa shape index (κ3) is 4.32. The van der Waals surface area contributed by atoms with Gasteiger partial charge in [0.25, 0.3) is 0 Å². The molecule has 0 aromatic heterocycles. The van der Waals surface area contributed by atoms with Crippen LogP contribution in [0.3, 0.4) is 0 Å². The Morgan fingerprint density at radius 1 is 1.23 bits per heavy atom. The number of nitriles is 1. The van der Waals surface area contributed by atoms with E-state index in [1.54, 1.807) is 30.3 Å². The Kier molecular flexibility index (Phi) is 5.10. The van der Waals surface area contributed by atoms with Gasteiger partial charge in [-0.2, -0.15) is 5.26 Å². The zero-order chi connectivity index (χ0) is 15.9. The van der Waals surface area contributed by atoms with Crippen LogP contribution in [-0.4, -0.2) is 17.6 Å². The first-order valence-corrected chi connectivity index (χ1v) is 6.80. The number of halogens is 1. The second-order valence-electron chi connectivity index (χ2n) is 4.86. The molecule has 0 amide bonds. The lowest BCUT2D eigenvalue weighted by Gasteiger charge is -2.24. The van der Waals surface area contributed by atoms with Gasteiger partial charge in [-0.05, 0) is 35.9 Å². The maximum absolute atomic E-state index is 13.3. The highest BCUT2D eigenvalue weighted by Crippen LogP contribution is 2.19. The molecule has 4 nitrogen and oxygen atoms in total. The van der Waals surface area contributed by atoms with E-state index in [9.17, 15) is 9.18 Å². The summed E-state index contributed by atoms with van der Waals surface area (Å²) in [7, 11) is 0. The summed E-state index contributed by atoms with van der Waals surface area (Å²) in [5, 5.41) is 17.9. The van der Waals surface area contributed by atoms with E-state index in [4.69, 9.17) is 10.4 Å². The number of anilines is 1. The van der Waals surface area contributed by atoms with Crippen LogP contribution in [0.2, 0.25) is 0 Å². The van der Waals surface area contributed by atoms with Gasteiger partial charge in [0.15, 0.2) is 0 Å². The van der Waals surface area contributed by atoms with Crippen LogP contribution < -0.4 is 4.90 Å². The number of carboxylic acids is 1. The molecule has 0 spiro atoms. The van der Waals surface area contributed by atoms with Crippen molar-refractivity contribution in [1.29, 1.82) is 5.26 Å². The summed E-state index contributed by atoms with van der Waals surface area (Å²) in [5.41, 5.74) is 1.98. The quantitative estimate of drug-likeness (QED) is 0.889. The van der Waals surface area contributed by atoms with Crippen molar-refractivity contribution in [2.24, 2.45) is 0 Å². The SMILES string of the molecule is N#Cc1cccc(N(CCC(=O)O)Cc2cccc(F)c2)c1. The molecule has 0 fully saturated rings. The summed E-state index contributed by atoms with van der Waals surface area (Å²) in [4.78, 5) is 12.6. The van der Waals surface area contributed by atoms with Crippen LogP contribution in [0.4, 0.5) is 10.1 Å². The summed E-state index contributed by atoms with van der Waals surface area (Å²) >= 11 is 0. The predicted octanol–water partition coefficient (Wildman–Crippen LogP) is 3.18. The lowest BCUT2D eigenvalue weighted by molar-refractivity contribution is -0.136. The van der Waals surface area contributed by atoms with E-state index < -0.39 is 5.97 Å². The first-order chi connectivity index (χ1) is 10.6. The third-order valence-electron chi connectivity index (χ3n) is 3.20. The molecular formula is C17H15FN2O2. The largest absolute Gasteiger partial charge is 0.481 e. The molecular weight excluding hydrogens is 283 g/mol. The lowest BCUT2D eigenvalue weighted by Crippen LogP contribution is -2.25. The molecule has 5 heteroatoms. The number of carbonyl (C=O) groups is 1. The van der Waals surface area contributed by atoms with E-state index in [2.05, 4.69) is 6.07 Å². The molecule has 0 aliphatic rings. The molecule has 1 N–H and O–H groups in total. The van der Waals surface area contributed by atoms with Crippen molar-refractivity contribution < 1.29 is 14.3 Å².